The van der Waals surface area contributed by atoms with Crippen molar-refractivity contribution < 1.29 is 30.4 Å². The van der Waals surface area contributed by atoms with E-state index < -0.39 is 0 Å². The second kappa shape index (κ2) is 24.2. The van der Waals surface area contributed by atoms with Gasteiger partial charge in [0.15, 0.2) is 0 Å². The smallest absolute Gasteiger partial charge is 0.268 e. The first kappa shape index (κ1) is 58.6. The van der Waals surface area contributed by atoms with Gasteiger partial charge in [-0.1, -0.05) is 226 Å². The molecule has 0 aliphatic rings. The minimum absolute atomic E-state index is 0. The van der Waals surface area contributed by atoms with Crippen LogP contribution in [0, 0.1) is 18.5 Å². The first-order chi connectivity index (χ1) is 46.2. The van der Waals surface area contributed by atoms with Gasteiger partial charge in [-0.25, -0.2) is 4.98 Å². The summed E-state index contributed by atoms with van der Waals surface area (Å²) in [5.41, 5.74) is 23.4. The van der Waals surface area contributed by atoms with Gasteiger partial charge in [0.1, 0.15) is 5.82 Å². The molecule has 0 saturated carbocycles. The molecule has 4 aromatic heterocycles. The molecule has 0 amide bonds. The molecule has 456 valence electrons. The number of benzene rings is 13. The van der Waals surface area contributed by atoms with Crippen LogP contribution in [0.15, 0.2) is 316 Å². The van der Waals surface area contributed by atoms with Gasteiger partial charge >= 0.3 is 0 Å². The first-order valence-electron chi connectivity index (χ1n) is 32.0. The minimum Gasteiger partial charge on any atom is -0.510 e. The number of fused-ring (bicyclic) bond motifs is 7. The van der Waals surface area contributed by atoms with Crippen LogP contribution in [0.5, 0.6) is 11.5 Å². The zero-order chi connectivity index (χ0) is 62.9. The van der Waals surface area contributed by atoms with E-state index in [2.05, 4.69) is 349 Å². The van der Waals surface area contributed by atoms with Crippen LogP contribution in [0.2, 0.25) is 0 Å². The maximum Gasteiger partial charge on any atom is 0.268 e. The molecule has 0 aliphatic heterocycles. The van der Waals surface area contributed by atoms with Gasteiger partial charge in [0.2, 0.25) is 0 Å². The van der Waals surface area contributed by atoms with E-state index in [0.717, 1.165) is 134 Å². The van der Waals surface area contributed by atoms with Gasteiger partial charge in [0.25, 0.3) is 6.33 Å². The molecule has 95 heavy (non-hydrogen) atoms. The van der Waals surface area contributed by atoms with Gasteiger partial charge in [0.05, 0.1) is 27.8 Å². The molecule has 0 N–H and O–H groups in total. The van der Waals surface area contributed by atoms with E-state index in [4.69, 9.17) is 9.72 Å². The van der Waals surface area contributed by atoms with E-state index in [9.17, 15) is 0 Å². The molecule has 0 aliphatic carbocycles. The standard InChI is InChI=1S/C88H61N5O.Pt/c1-88(2,3)69-46-47-89-86(54-69)93-82-45-42-71(92-80-38-18-16-34-76(80)77-35-17-19-39-81(77)92)56-79(82)78-44-43-73(57-85(78)93)94-72-33-22-32-70(55-72)90-58-91(84-41-21-20-40-83(84)90)87-74(67-50-63(59-24-8-4-9-25-59)48-64(51-67)60-26-10-5-11-27-60)36-23-37-75(87)68-52-65(61-28-12-6-13-29-61)49-66(53-68)62-30-14-7-15-31-62;/h4-54,56H,1-3H3;/q-2;. The van der Waals surface area contributed by atoms with Crippen LogP contribution in [-0.2, 0) is 26.5 Å². The third-order valence-electron chi connectivity index (χ3n) is 18.3. The van der Waals surface area contributed by atoms with Gasteiger partial charge in [-0.3, -0.25) is 4.57 Å². The van der Waals surface area contributed by atoms with E-state index in [0.29, 0.717) is 11.5 Å². The van der Waals surface area contributed by atoms with Crippen LogP contribution in [0.25, 0.3) is 144 Å². The molecule has 0 unspecified atom stereocenters. The van der Waals surface area contributed by atoms with E-state index >= 15 is 0 Å². The third-order valence-corrected chi connectivity index (χ3v) is 18.3. The van der Waals surface area contributed by atoms with Crippen molar-refractivity contribution in [1.29, 1.82) is 0 Å². The second-order valence-corrected chi connectivity index (χ2v) is 25.2. The summed E-state index contributed by atoms with van der Waals surface area (Å²) in [5, 5.41) is 4.56. The summed E-state index contributed by atoms with van der Waals surface area (Å²) >= 11 is 0. The summed E-state index contributed by atoms with van der Waals surface area (Å²) < 4.78 is 15.9. The van der Waals surface area contributed by atoms with Gasteiger partial charge in [-0.15, -0.1) is 29.7 Å². The molecule has 17 rings (SSSR count). The predicted octanol–water partition coefficient (Wildman–Crippen LogP) is 22.0. The number of nitrogens with zero attached hydrogens (tertiary/aromatic N) is 5. The van der Waals surface area contributed by atoms with Crippen LogP contribution >= 0.6 is 0 Å². The van der Waals surface area contributed by atoms with Crippen molar-refractivity contribution in [1.82, 2.24) is 18.7 Å². The van der Waals surface area contributed by atoms with Crippen LogP contribution in [0.3, 0.4) is 0 Å². The van der Waals surface area contributed by atoms with Crippen molar-refractivity contribution >= 4 is 54.6 Å². The summed E-state index contributed by atoms with van der Waals surface area (Å²) in [7, 11) is 0. The Morgan fingerprint density at radius 3 is 1.41 bits per heavy atom. The van der Waals surface area contributed by atoms with Crippen molar-refractivity contribution in [3.05, 3.63) is 340 Å². The molecule has 7 heteroatoms. The molecule has 0 spiro atoms. The Bertz CT molecular complexity index is 5430. The Balaban J connectivity index is 0.00000712. The van der Waals surface area contributed by atoms with E-state index in [1.807, 2.05) is 24.4 Å². The summed E-state index contributed by atoms with van der Waals surface area (Å²) in [6.07, 6.45) is 5.88. The van der Waals surface area contributed by atoms with E-state index in [1.54, 1.807) is 0 Å². The Labute approximate surface area is 566 Å². The zero-order valence-electron chi connectivity index (χ0n) is 52.5. The molecule has 13 aromatic carbocycles. The minimum atomic E-state index is -0.103. The molecule has 17 aromatic rings. The van der Waals surface area contributed by atoms with E-state index in [1.165, 1.54) is 16.3 Å². The maximum absolute atomic E-state index is 6.96. The molecule has 0 atom stereocenters. The average Bonchev–Trinajstić information content (AvgIpc) is 1.66. The van der Waals surface area contributed by atoms with Gasteiger partial charge in [-0.05, 0) is 168 Å². The summed E-state index contributed by atoms with van der Waals surface area (Å²) in [5.74, 6) is 1.90. The van der Waals surface area contributed by atoms with Crippen molar-refractivity contribution in [2.24, 2.45) is 0 Å². The largest absolute Gasteiger partial charge is 0.510 e. The summed E-state index contributed by atoms with van der Waals surface area (Å²) in [4.78, 5) is 5.05. The number of imidazole rings is 1. The Morgan fingerprint density at radius 2 is 0.853 bits per heavy atom. The van der Waals surface area contributed by atoms with Crippen molar-refractivity contribution in [3.8, 4) is 101 Å². The first-order valence-corrected chi connectivity index (χ1v) is 32.0. The number of ether oxygens (including phenoxy) is 1. The molecular formula is C88H61N5OPt-2. The summed E-state index contributed by atoms with van der Waals surface area (Å²) in [6.45, 7) is 6.72. The Morgan fingerprint density at radius 1 is 0.368 bits per heavy atom. The molecule has 4 heterocycles. The van der Waals surface area contributed by atoms with Crippen molar-refractivity contribution in [2.75, 3.05) is 0 Å². The quantitative estimate of drug-likeness (QED) is 0.0903. The third kappa shape index (κ3) is 10.7. The number of hydrogen-bond acceptors (Lipinski definition) is 2. The van der Waals surface area contributed by atoms with Gasteiger partial charge in [-0.2, -0.15) is 18.2 Å². The van der Waals surface area contributed by atoms with Crippen LogP contribution < -0.4 is 9.30 Å². The maximum atomic E-state index is 6.96. The molecule has 0 radical (unpaired) electrons. The van der Waals surface area contributed by atoms with Crippen LogP contribution in [-0.4, -0.2) is 18.7 Å². The second-order valence-electron chi connectivity index (χ2n) is 25.2. The number of aromatic nitrogens is 5. The molecule has 0 bridgehead atoms. The Kier molecular flexibility index (Phi) is 15.0. The number of rotatable bonds is 12. The van der Waals surface area contributed by atoms with Crippen molar-refractivity contribution in [2.45, 2.75) is 26.2 Å². The fourth-order valence-corrected chi connectivity index (χ4v) is 13.7. The molecule has 6 nitrogen and oxygen atoms in total. The molecular weight excluding hydrogens is 1340 g/mol. The van der Waals surface area contributed by atoms with Crippen LogP contribution in [0.4, 0.5) is 0 Å². The average molecular weight is 1400 g/mol. The fraction of sp³-hybridized carbons (Fsp3) is 0.0455. The van der Waals surface area contributed by atoms with Crippen LogP contribution in [0.1, 0.15) is 26.3 Å². The SMILES string of the molecule is CC(C)(C)c1ccnc(-n2c3[c-]c(Oc4[c-]c(-n5[c-][n+](-c6c(-c7cc(-c8ccccc8)cc(-c8ccccc8)c7)cccc6-c6cc(-c7ccccc7)cc(-c7ccccc7)c6)c6ccccc65)ccc4)ccc3c3cc(-n4c5ccccc5c5ccccc54)ccc32)c1.[Pt]. The normalized spacial score (nSPS) is 11.7. The zero-order valence-corrected chi connectivity index (χ0v) is 54.8. The predicted molar refractivity (Wildman–Crippen MR) is 386 cm³/mol. The van der Waals surface area contributed by atoms with E-state index in [-0.39, 0.29) is 26.5 Å². The topological polar surface area (TPSA) is 40.8 Å². The number of para-hydroxylation sites is 5. The van der Waals surface area contributed by atoms with Gasteiger partial charge < -0.3 is 18.4 Å². The Hall–Kier alpha value is -11.4. The number of pyridine rings is 1. The molecule has 0 fully saturated rings. The number of hydrogen-bond donors (Lipinski definition) is 0. The summed E-state index contributed by atoms with van der Waals surface area (Å²) in [6, 6.07) is 118. The van der Waals surface area contributed by atoms with Gasteiger partial charge in [0, 0.05) is 60.7 Å². The fourth-order valence-electron chi connectivity index (χ4n) is 13.7. The molecule has 0 saturated heterocycles. The monoisotopic (exact) mass is 1400 g/mol. The van der Waals surface area contributed by atoms with Crippen molar-refractivity contribution in [3.63, 3.8) is 0 Å².